The molecule has 0 aromatic heterocycles. The number of hydrogen-bond acceptors (Lipinski definition) is 2. The largest absolute Gasteiger partial charge is 0.340 e. The summed E-state index contributed by atoms with van der Waals surface area (Å²) in [5, 5.41) is 3.12. The standard InChI is InChI=1S/C12H16N2O/c1-14(12(15)11-7-8-13-11)9-10-5-3-2-4-6-10/h2-6,11,13H,7-9H2,1H3/t11-/m1/s1. The lowest BCUT2D eigenvalue weighted by Gasteiger charge is -2.30. The molecule has 0 unspecified atom stereocenters. The number of likely N-dealkylation sites (N-methyl/N-ethyl adjacent to an activating group) is 1. The predicted molar refractivity (Wildman–Crippen MR) is 59.3 cm³/mol. The van der Waals surface area contributed by atoms with Crippen molar-refractivity contribution in [1.82, 2.24) is 10.2 Å². The van der Waals surface area contributed by atoms with Crippen molar-refractivity contribution in [2.45, 2.75) is 19.0 Å². The third kappa shape index (κ3) is 2.36. The number of nitrogens with one attached hydrogen (secondary N) is 1. The Labute approximate surface area is 90.1 Å². The summed E-state index contributed by atoms with van der Waals surface area (Å²) in [7, 11) is 1.86. The van der Waals surface area contributed by atoms with Gasteiger partial charge in [0.1, 0.15) is 0 Å². The van der Waals surface area contributed by atoms with Crippen LogP contribution in [0.2, 0.25) is 0 Å². The van der Waals surface area contributed by atoms with Crippen molar-refractivity contribution in [3.05, 3.63) is 35.9 Å². The molecule has 0 saturated carbocycles. The van der Waals surface area contributed by atoms with Gasteiger partial charge in [-0.3, -0.25) is 4.79 Å². The van der Waals surface area contributed by atoms with Gasteiger partial charge in [-0.2, -0.15) is 0 Å². The van der Waals surface area contributed by atoms with Crippen molar-refractivity contribution in [3.8, 4) is 0 Å². The molecule has 1 aliphatic rings. The minimum absolute atomic E-state index is 0.0544. The normalized spacial score (nSPS) is 19.4. The van der Waals surface area contributed by atoms with Gasteiger partial charge in [-0.05, 0) is 18.5 Å². The van der Waals surface area contributed by atoms with Crippen LogP contribution in [0.5, 0.6) is 0 Å². The van der Waals surface area contributed by atoms with E-state index in [4.69, 9.17) is 0 Å². The number of nitrogens with zero attached hydrogens (tertiary/aromatic N) is 1. The van der Waals surface area contributed by atoms with E-state index in [-0.39, 0.29) is 11.9 Å². The Bertz CT molecular complexity index is 333. The third-order valence-corrected chi connectivity index (χ3v) is 2.76. The van der Waals surface area contributed by atoms with E-state index >= 15 is 0 Å². The highest BCUT2D eigenvalue weighted by Gasteiger charge is 2.26. The second-order valence-corrected chi connectivity index (χ2v) is 3.98. The third-order valence-electron chi connectivity index (χ3n) is 2.76. The molecule has 0 spiro atoms. The smallest absolute Gasteiger partial charge is 0.239 e. The Morgan fingerprint density at radius 2 is 2.13 bits per heavy atom. The molecule has 1 atom stereocenters. The minimum atomic E-state index is 0.0544. The van der Waals surface area contributed by atoms with Gasteiger partial charge in [-0.1, -0.05) is 30.3 Å². The summed E-state index contributed by atoms with van der Waals surface area (Å²) >= 11 is 0. The van der Waals surface area contributed by atoms with Crippen molar-refractivity contribution < 1.29 is 4.79 Å². The van der Waals surface area contributed by atoms with Gasteiger partial charge in [-0.25, -0.2) is 0 Å². The van der Waals surface area contributed by atoms with Crippen LogP contribution in [0, 0.1) is 0 Å². The number of hydrogen-bond donors (Lipinski definition) is 1. The highest BCUT2D eigenvalue weighted by molar-refractivity contribution is 5.82. The van der Waals surface area contributed by atoms with E-state index in [1.54, 1.807) is 4.90 Å². The monoisotopic (exact) mass is 204 g/mol. The summed E-state index contributed by atoms with van der Waals surface area (Å²) in [6.07, 6.45) is 0.970. The highest BCUT2D eigenvalue weighted by atomic mass is 16.2. The summed E-state index contributed by atoms with van der Waals surface area (Å²) in [6, 6.07) is 10.1. The van der Waals surface area contributed by atoms with Crippen molar-refractivity contribution >= 4 is 5.91 Å². The molecule has 1 fully saturated rings. The van der Waals surface area contributed by atoms with Crippen LogP contribution in [0.4, 0.5) is 0 Å². The average molecular weight is 204 g/mol. The molecule has 0 aliphatic carbocycles. The van der Waals surface area contributed by atoms with Gasteiger partial charge in [-0.15, -0.1) is 0 Å². The maximum Gasteiger partial charge on any atom is 0.239 e. The van der Waals surface area contributed by atoms with Crippen LogP contribution in [0.25, 0.3) is 0 Å². The summed E-state index contributed by atoms with van der Waals surface area (Å²) in [5.74, 6) is 0.199. The van der Waals surface area contributed by atoms with Crippen LogP contribution in [-0.2, 0) is 11.3 Å². The van der Waals surface area contributed by atoms with E-state index in [9.17, 15) is 4.79 Å². The topological polar surface area (TPSA) is 32.3 Å². The van der Waals surface area contributed by atoms with Gasteiger partial charge < -0.3 is 10.2 Å². The van der Waals surface area contributed by atoms with Crippen LogP contribution in [-0.4, -0.2) is 30.4 Å². The van der Waals surface area contributed by atoms with E-state index in [1.807, 2.05) is 37.4 Å². The van der Waals surface area contributed by atoms with Gasteiger partial charge in [0.25, 0.3) is 0 Å². The van der Waals surface area contributed by atoms with Crippen LogP contribution in [0.15, 0.2) is 30.3 Å². The molecular weight excluding hydrogens is 188 g/mol. The lowest BCUT2D eigenvalue weighted by molar-refractivity contribution is -0.134. The molecule has 1 saturated heterocycles. The Hall–Kier alpha value is -1.35. The number of benzene rings is 1. The fourth-order valence-corrected chi connectivity index (χ4v) is 1.70. The van der Waals surface area contributed by atoms with E-state index in [0.717, 1.165) is 13.0 Å². The quantitative estimate of drug-likeness (QED) is 0.797. The number of rotatable bonds is 3. The molecule has 0 bridgehead atoms. The van der Waals surface area contributed by atoms with Crippen LogP contribution in [0.3, 0.4) is 0 Å². The Morgan fingerprint density at radius 1 is 1.47 bits per heavy atom. The zero-order chi connectivity index (χ0) is 10.7. The van der Waals surface area contributed by atoms with Gasteiger partial charge in [0.05, 0.1) is 6.04 Å². The molecule has 0 radical (unpaired) electrons. The van der Waals surface area contributed by atoms with Gasteiger partial charge in [0.15, 0.2) is 0 Å². The van der Waals surface area contributed by atoms with E-state index < -0.39 is 0 Å². The fourth-order valence-electron chi connectivity index (χ4n) is 1.70. The summed E-state index contributed by atoms with van der Waals surface area (Å²) in [5.41, 5.74) is 1.17. The first kappa shape index (κ1) is 10.2. The molecule has 2 rings (SSSR count). The van der Waals surface area contributed by atoms with Crippen LogP contribution >= 0.6 is 0 Å². The van der Waals surface area contributed by atoms with Crippen LogP contribution in [0.1, 0.15) is 12.0 Å². The maximum absolute atomic E-state index is 11.8. The van der Waals surface area contributed by atoms with Crippen molar-refractivity contribution in [2.24, 2.45) is 0 Å². The minimum Gasteiger partial charge on any atom is -0.340 e. The van der Waals surface area contributed by atoms with E-state index in [1.165, 1.54) is 5.56 Å². The number of carbonyl (C=O) groups is 1. The van der Waals surface area contributed by atoms with Crippen molar-refractivity contribution in [3.63, 3.8) is 0 Å². The molecule has 1 heterocycles. The molecular formula is C12H16N2O. The molecule has 1 aliphatic heterocycles. The van der Waals surface area contributed by atoms with E-state index in [0.29, 0.717) is 6.54 Å². The lowest BCUT2D eigenvalue weighted by atomic mass is 10.1. The zero-order valence-corrected chi connectivity index (χ0v) is 8.94. The molecule has 3 nitrogen and oxygen atoms in total. The van der Waals surface area contributed by atoms with E-state index in [2.05, 4.69) is 5.32 Å². The summed E-state index contributed by atoms with van der Waals surface area (Å²) in [4.78, 5) is 13.6. The maximum atomic E-state index is 11.8. The van der Waals surface area contributed by atoms with Gasteiger partial charge in [0.2, 0.25) is 5.91 Å². The summed E-state index contributed by atoms with van der Waals surface area (Å²) < 4.78 is 0. The van der Waals surface area contributed by atoms with Gasteiger partial charge in [0, 0.05) is 13.6 Å². The molecule has 1 aromatic rings. The van der Waals surface area contributed by atoms with Gasteiger partial charge >= 0.3 is 0 Å². The van der Waals surface area contributed by atoms with Crippen molar-refractivity contribution in [1.29, 1.82) is 0 Å². The first-order valence-corrected chi connectivity index (χ1v) is 5.29. The average Bonchev–Trinajstić information content (AvgIpc) is 2.16. The number of amides is 1. The first-order valence-electron chi connectivity index (χ1n) is 5.29. The van der Waals surface area contributed by atoms with Crippen molar-refractivity contribution in [2.75, 3.05) is 13.6 Å². The number of carbonyl (C=O) groups excluding carboxylic acids is 1. The lowest BCUT2D eigenvalue weighted by Crippen LogP contribution is -2.53. The summed E-state index contributed by atoms with van der Waals surface area (Å²) in [6.45, 7) is 1.66. The Balaban J connectivity index is 1.91. The van der Waals surface area contributed by atoms with Crippen LogP contribution < -0.4 is 5.32 Å². The molecule has 1 aromatic carbocycles. The molecule has 80 valence electrons. The molecule has 15 heavy (non-hydrogen) atoms. The second-order valence-electron chi connectivity index (χ2n) is 3.98. The zero-order valence-electron chi connectivity index (χ0n) is 8.94. The second kappa shape index (κ2) is 4.45. The first-order chi connectivity index (χ1) is 7.27. The SMILES string of the molecule is CN(Cc1ccccc1)C(=O)[C@H]1CCN1. The molecule has 1 N–H and O–H groups in total. The molecule has 1 amide bonds. The molecule has 3 heteroatoms. The Morgan fingerprint density at radius 3 is 2.67 bits per heavy atom. The Kier molecular flexibility index (Phi) is 3.02. The fraction of sp³-hybridized carbons (Fsp3) is 0.417. The predicted octanol–water partition coefficient (Wildman–Crippen LogP) is 1.01. The highest BCUT2D eigenvalue weighted by Crippen LogP contribution is 2.09.